The van der Waals surface area contributed by atoms with Crippen molar-refractivity contribution in [2.24, 2.45) is 5.92 Å². The third kappa shape index (κ3) is 3.32. The van der Waals surface area contributed by atoms with Gasteiger partial charge in [0.05, 0.1) is 12.6 Å². The van der Waals surface area contributed by atoms with E-state index in [-0.39, 0.29) is 0 Å². The van der Waals surface area contributed by atoms with Crippen LogP contribution in [0.5, 0.6) is 0 Å². The van der Waals surface area contributed by atoms with Crippen molar-refractivity contribution in [3.63, 3.8) is 0 Å². The second-order valence-electron chi connectivity index (χ2n) is 4.73. The summed E-state index contributed by atoms with van der Waals surface area (Å²) >= 11 is 0. The zero-order valence-corrected chi connectivity index (χ0v) is 10.2. The highest BCUT2D eigenvalue weighted by Gasteiger charge is 2.21. The van der Waals surface area contributed by atoms with Crippen LogP contribution in [-0.2, 0) is 4.74 Å². The summed E-state index contributed by atoms with van der Waals surface area (Å²) in [6.45, 7) is 3.82. The number of nitrogens with one attached hydrogen (secondary N) is 1. The van der Waals surface area contributed by atoms with Crippen LogP contribution in [0.15, 0.2) is 24.3 Å². The highest BCUT2D eigenvalue weighted by Crippen LogP contribution is 2.29. The molecule has 0 aliphatic heterocycles. The first-order valence-corrected chi connectivity index (χ1v) is 6.11. The van der Waals surface area contributed by atoms with Gasteiger partial charge in [0.25, 0.3) is 0 Å². The summed E-state index contributed by atoms with van der Waals surface area (Å²) in [5.74, 6) is 0.843. The molecule has 88 valence electrons. The minimum absolute atomic E-state index is 0.319. The van der Waals surface area contributed by atoms with E-state index in [9.17, 15) is 0 Å². The fraction of sp³-hybridized carbons (Fsp3) is 0.571. The first kappa shape index (κ1) is 11.6. The van der Waals surface area contributed by atoms with Crippen molar-refractivity contribution >= 4 is 0 Å². The van der Waals surface area contributed by atoms with Crippen molar-refractivity contribution in [2.75, 3.05) is 20.3 Å². The number of hydrogen-bond acceptors (Lipinski definition) is 2. The summed E-state index contributed by atoms with van der Waals surface area (Å²) in [6, 6.07) is 8.98. The maximum absolute atomic E-state index is 5.73. The summed E-state index contributed by atoms with van der Waals surface area (Å²) < 4.78 is 5.73. The van der Waals surface area contributed by atoms with Gasteiger partial charge in [0.2, 0.25) is 0 Å². The lowest BCUT2D eigenvalue weighted by molar-refractivity contribution is 0.105. The van der Waals surface area contributed by atoms with Gasteiger partial charge in [0, 0.05) is 6.61 Å². The number of ether oxygens (including phenoxy) is 1. The maximum Gasteiger partial charge on any atom is 0.0661 e. The Morgan fingerprint density at radius 3 is 2.56 bits per heavy atom. The number of aryl methyl sites for hydroxylation is 1. The number of likely N-dealkylation sites (N-methyl/N-ethyl adjacent to an activating group) is 1. The van der Waals surface area contributed by atoms with Gasteiger partial charge < -0.3 is 10.1 Å². The Bertz CT molecular complexity index is 316. The lowest BCUT2D eigenvalue weighted by atomic mass is 10.1. The minimum atomic E-state index is 0.319. The lowest BCUT2D eigenvalue weighted by Crippen LogP contribution is -2.22. The predicted octanol–water partition coefficient (Wildman–Crippen LogP) is 2.68. The minimum Gasteiger partial charge on any atom is -0.379 e. The Hall–Kier alpha value is -0.860. The molecule has 0 amide bonds. The second-order valence-corrected chi connectivity index (χ2v) is 4.73. The second kappa shape index (κ2) is 5.46. The summed E-state index contributed by atoms with van der Waals surface area (Å²) in [5, 5.41) is 3.31. The highest BCUT2D eigenvalue weighted by atomic mass is 16.5. The van der Waals surface area contributed by atoms with Gasteiger partial charge in [-0.1, -0.05) is 29.8 Å². The van der Waals surface area contributed by atoms with Crippen LogP contribution in [0.3, 0.4) is 0 Å². The van der Waals surface area contributed by atoms with Crippen LogP contribution in [0.2, 0.25) is 0 Å². The topological polar surface area (TPSA) is 21.3 Å². The number of benzene rings is 1. The molecule has 2 heteroatoms. The Morgan fingerprint density at radius 1 is 1.31 bits per heavy atom. The molecule has 1 aliphatic carbocycles. The highest BCUT2D eigenvalue weighted by molar-refractivity contribution is 5.24. The molecule has 0 aromatic heterocycles. The van der Waals surface area contributed by atoms with Crippen LogP contribution in [-0.4, -0.2) is 20.3 Å². The smallest absolute Gasteiger partial charge is 0.0661 e. The molecule has 1 unspecified atom stereocenters. The van der Waals surface area contributed by atoms with E-state index in [0.29, 0.717) is 6.04 Å². The van der Waals surface area contributed by atoms with Gasteiger partial charge in [0.15, 0.2) is 0 Å². The molecule has 1 aromatic rings. The van der Waals surface area contributed by atoms with Gasteiger partial charge in [-0.15, -0.1) is 0 Å². The molecular formula is C14H21NO. The molecule has 0 saturated heterocycles. The summed E-state index contributed by atoms with van der Waals surface area (Å²) in [5.41, 5.74) is 2.61. The molecule has 0 bridgehead atoms. The van der Waals surface area contributed by atoms with Crippen LogP contribution >= 0.6 is 0 Å². The first-order chi connectivity index (χ1) is 7.79. The van der Waals surface area contributed by atoms with E-state index in [1.807, 2.05) is 7.05 Å². The van der Waals surface area contributed by atoms with E-state index in [1.54, 1.807) is 0 Å². The lowest BCUT2D eigenvalue weighted by Gasteiger charge is -2.17. The van der Waals surface area contributed by atoms with E-state index < -0.39 is 0 Å². The van der Waals surface area contributed by atoms with Crippen molar-refractivity contribution < 1.29 is 4.74 Å². The van der Waals surface area contributed by atoms with E-state index in [1.165, 1.54) is 24.0 Å². The third-order valence-electron chi connectivity index (χ3n) is 3.16. The van der Waals surface area contributed by atoms with Crippen LogP contribution in [0.1, 0.15) is 30.0 Å². The Balaban J connectivity index is 1.84. The molecular weight excluding hydrogens is 198 g/mol. The maximum atomic E-state index is 5.73. The zero-order valence-electron chi connectivity index (χ0n) is 10.2. The summed E-state index contributed by atoms with van der Waals surface area (Å²) in [6.07, 6.45) is 2.71. The molecule has 2 rings (SSSR count). The summed E-state index contributed by atoms with van der Waals surface area (Å²) in [7, 11) is 1.99. The molecule has 1 aliphatic rings. The van der Waals surface area contributed by atoms with Gasteiger partial charge in [-0.2, -0.15) is 0 Å². The molecule has 0 heterocycles. The van der Waals surface area contributed by atoms with E-state index in [4.69, 9.17) is 4.74 Å². The zero-order chi connectivity index (χ0) is 11.4. The fourth-order valence-electron chi connectivity index (χ4n) is 1.78. The normalized spacial score (nSPS) is 17.4. The van der Waals surface area contributed by atoms with Crippen molar-refractivity contribution in [3.8, 4) is 0 Å². The van der Waals surface area contributed by atoms with Crippen molar-refractivity contribution in [2.45, 2.75) is 25.8 Å². The third-order valence-corrected chi connectivity index (χ3v) is 3.16. The Labute approximate surface area is 98.0 Å². The van der Waals surface area contributed by atoms with Crippen LogP contribution in [0.25, 0.3) is 0 Å². The van der Waals surface area contributed by atoms with Crippen LogP contribution in [0.4, 0.5) is 0 Å². The van der Waals surface area contributed by atoms with Crippen LogP contribution < -0.4 is 5.32 Å². The number of hydrogen-bond donors (Lipinski definition) is 1. The van der Waals surface area contributed by atoms with Gasteiger partial charge in [-0.3, -0.25) is 0 Å². The molecule has 16 heavy (non-hydrogen) atoms. The van der Waals surface area contributed by atoms with E-state index in [0.717, 1.165) is 19.1 Å². The largest absolute Gasteiger partial charge is 0.379 e. The van der Waals surface area contributed by atoms with Crippen molar-refractivity contribution in [1.82, 2.24) is 5.32 Å². The monoisotopic (exact) mass is 219 g/mol. The number of rotatable bonds is 6. The molecule has 0 spiro atoms. The standard InChI is InChI=1S/C14H21NO/c1-11-3-7-13(8-4-11)14(15-2)10-16-9-12-5-6-12/h3-4,7-8,12,14-15H,5-6,9-10H2,1-2H3. The molecule has 0 radical (unpaired) electrons. The Kier molecular flexibility index (Phi) is 3.97. The summed E-state index contributed by atoms with van der Waals surface area (Å²) in [4.78, 5) is 0. The molecule has 1 saturated carbocycles. The molecule has 2 nitrogen and oxygen atoms in total. The fourth-order valence-corrected chi connectivity index (χ4v) is 1.78. The van der Waals surface area contributed by atoms with E-state index >= 15 is 0 Å². The van der Waals surface area contributed by atoms with Gasteiger partial charge >= 0.3 is 0 Å². The van der Waals surface area contributed by atoms with Gasteiger partial charge in [0.1, 0.15) is 0 Å². The first-order valence-electron chi connectivity index (χ1n) is 6.11. The van der Waals surface area contributed by atoms with Crippen LogP contribution in [0, 0.1) is 12.8 Å². The average molecular weight is 219 g/mol. The average Bonchev–Trinajstić information content (AvgIpc) is 3.10. The Morgan fingerprint density at radius 2 is 2.00 bits per heavy atom. The molecule has 1 fully saturated rings. The van der Waals surface area contributed by atoms with Crippen molar-refractivity contribution in [3.05, 3.63) is 35.4 Å². The quantitative estimate of drug-likeness (QED) is 0.794. The van der Waals surface area contributed by atoms with Crippen molar-refractivity contribution in [1.29, 1.82) is 0 Å². The predicted molar refractivity (Wildman–Crippen MR) is 66.5 cm³/mol. The molecule has 1 atom stereocenters. The SMILES string of the molecule is CNC(COCC1CC1)c1ccc(C)cc1. The molecule has 1 N–H and O–H groups in total. The van der Waals surface area contributed by atoms with Gasteiger partial charge in [-0.05, 0) is 38.3 Å². The van der Waals surface area contributed by atoms with E-state index in [2.05, 4.69) is 36.5 Å². The molecule has 1 aromatic carbocycles. The van der Waals surface area contributed by atoms with Gasteiger partial charge in [-0.25, -0.2) is 0 Å².